The number of amides is 2. The highest BCUT2D eigenvalue weighted by Crippen LogP contribution is 2.21. The Morgan fingerprint density at radius 2 is 2.12 bits per heavy atom. The fourth-order valence-electron chi connectivity index (χ4n) is 2.65. The maximum atomic E-state index is 12.1. The maximum absolute atomic E-state index is 12.1. The van der Waals surface area contributed by atoms with Gasteiger partial charge < -0.3 is 10.6 Å². The molecule has 0 aliphatic carbocycles. The Morgan fingerprint density at radius 3 is 2.88 bits per heavy atom. The third-order valence-corrected chi connectivity index (χ3v) is 4.67. The summed E-state index contributed by atoms with van der Waals surface area (Å²) in [4.78, 5) is 29.8. The second kappa shape index (κ2) is 7.53. The summed E-state index contributed by atoms with van der Waals surface area (Å²) < 4.78 is 2.00. The number of aryl methyl sites for hydroxylation is 2. The van der Waals surface area contributed by atoms with Crippen LogP contribution in [0.15, 0.2) is 36.5 Å². The molecule has 0 aliphatic rings. The standard InChI is InChI=1S/C19H20N4O2S/c1-12-11-23-17(13(2)21-19(23)26-12)7-8-18(25)20-10-15-5-4-6-16(9-15)22-14(3)24/h4-9,11H,10H2,1-3H3,(H,20,25)(H,22,24)/b8-7+. The van der Waals surface area contributed by atoms with Crippen molar-refractivity contribution in [2.75, 3.05) is 5.32 Å². The van der Waals surface area contributed by atoms with E-state index in [9.17, 15) is 9.59 Å². The van der Waals surface area contributed by atoms with Gasteiger partial charge in [0.05, 0.1) is 11.4 Å². The molecule has 134 valence electrons. The number of anilines is 1. The molecule has 26 heavy (non-hydrogen) atoms. The Balaban J connectivity index is 1.64. The SMILES string of the molecule is CC(=O)Nc1cccc(CNC(=O)/C=C/c2c(C)nc3sc(C)cn23)c1. The van der Waals surface area contributed by atoms with Gasteiger partial charge in [-0.25, -0.2) is 4.98 Å². The van der Waals surface area contributed by atoms with Gasteiger partial charge in [-0.2, -0.15) is 0 Å². The molecule has 2 heterocycles. The molecular formula is C19H20N4O2S. The van der Waals surface area contributed by atoms with Crippen molar-refractivity contribution < 1.29 is 9.59 Å². The highest BCUT2D eigenvalue weighted by atomic mass is 32.1. The fraction of sp³-hybridized carbons (Fsp3) is 0.211. The van der Waals surface area contributed by atoms with Gasteiger partial charge >= 0.3 is 0 Å². The second-order valence-corrected chi connectivity index (χ2v) is 7.22. The van der Waals surface area contributed by atoms with E-state index in [0.717, 1.165) is 21.9 Å². The molecule has 0 fully saturated rings. The minimum Gasteiger partial charge on any atom is -0.348 e. The number of carbonyl (C=O) groups excluding carboxylic acids is 2. The number of nitrogens with zero attached hydrogens (tertiary/aromatic N) is 2. The third kappa shape index (κ3) is 4.18. The molecule has 0 bridgehead atoms. The van der Waals surface area contributed by atoms with Crippen LogP contribution in [0.5, 0.6) is 0 Å². The average Bonchev–Trinajstić information content (AvgIpc) is 3.05. The third-order valence-electron chi connectivity index (χ3n) is 3.77. The van der Waals surface area contributed by atoms with Gasteiger partial charge in [-0.15, -0.1) is 11.3 Å². The largest absolute Gasteiger partial charge is 0.348 e. The number of nitrogens with one attached hydrogen (secondary N) is 2. The van der Waals surface area contributed by atoms with Crippen LogP contribution >= 0.6 is 11.3 Å². The molecule has 0 atom stereocenters. The summed E-state index contributed by atoms with van der Waals surface area (Å²) in [5.41, 5.74) is 3.43. The molecule has 0 unspecified atom stereocenters. The summed E-state index contributed by atoms with van der Waals surface area (Å²) in [5, 5.41) is 5.58. The van der Waals surface area contributed by atoms with Crippen molar-refractivity contribution in [3.05, 3.63) is 58.4 Å². The second-order valence-electron chi connectivity index (χ2n) is 6.01. The first-order valence-electron chi connectivity index (χ1n) is 8.20. The van der Waals surface area contributed by atoms with E-state index in [1.54, 1.807) is 17.4 Å². The zero-order valence-electron chi connectivity index (χ0n) is 14.9. The highest BCUT2D eigenvalue weighted by Gasteiger charge is 2.09. The zero-order valence-corrected chi connectivity index (χ0v) is 15.7. The van der Waals surface area contributed by atoms with Crippen LogP contribution in [0.4, 0.5) is 5.69 Å². The zero-order chi connectivity index (χ0) is 18.7. The van der Waals surface area contributed by atoms with E-state index < -0.39 is 0 Å². The number of carbonyl (C=O) groups is 2. The quantitative estimate of drug-likeness (QED) is 0.679. The summed E-state index contributed by atoms with van der Waals surface area (Å²) in [7, 11) is 0. The molecule has 7 heteroatoms. The molecule has 0 saturated heterocycles. The van der Waals surface area contributed by atoms with Crippen molar-refractivity contribution in [3.8, 4) is 0 Å². The Morgan fingerprint density at radius 1 is 1.31 bits per heavy atom. The summed E-state index contributed by atoms with van der Waals surface area (Å²) in [5.74, 6) is -0.309. The van der Waals surface area contributed by atoms with Gasteiger partial charge in [0, 0.05) is 36.3 Å². The number of imidazole rings is 1. The lowest BCUT2D eigenvalue weighted by Crippen LogP contribution is -2.20. The number of thiazole rings is 1. The minimum atomic E-state index is -0.184. The van der Waals surface area contributed by atoms with E-state index in [4.69, 9.17) is 0 Å². The first-order chi connectivity index (χ1) is 12.4. The van der Waals surface area contributed by atoms with Gasteiger partial charge in [-0.05, 0) is 37.6 Å². The van der Waals surface area contributed by atoms with Crippen LogP contribution in [-0.4, -0.2) is 21.2 Å². The number of rotatable bonds is 5. The van der Waals surface area contributed by atoms with Crippen LogP contribution in [0.1, 0.15) is 28.8 Å². The fourth-order valence-corrected chi connectivity index (χ4v) is 3.52. The van der Waals surface area contributed by atoms with E-state index in [1.807, 2.05) is 48.7 Å². The molecule has 1 aromatic carbocycles. The molecule has 0 saturated carbocycles. The first kappa shape index (κ1) is 17.9. The summed E-state index contributed by atoms with van der Waals surface area (Å²) in [6.07, 6.45) is 5.32. The van der Waals surface area contributed by atoms with E-state index in [0.29, 0.717) is 12.2 Å². The predicted octanol–water partition coefficient (Wildman–Crippen LogP) is 3.30. The molecular weight excluding hydrogens is 348 g/mol. The molecule has 0 spiro atoms. The van der Waals surface area contributed by atoms with Gasteiger partial charge in [0.1, 0.15) is 0 Å². The van der Waals surface area contributed by atoms with E-state index in [1.165, 1.54) is 17.9 Å². The molecule has 3 rings (SSSR count). The summed E-state index contributed by atoms with van der Waals surface area (Å²) >= 11 is 1.62. The van der Waals surface area contributed by atoms with Crippen LogP contribution in [0.3, 0.4) is 0 Å². The lowest BCUT2D eigenvalue weighted by atomic mass is 10.2. The van der Waals surface area contributed by atoms with Gasteiger partial charge in [-0.1, -0.05) is 12.1 Å². The van der Waals surface area contributed by atoms with Gasteiger partial charge in [0.15, 0.2) is 4.96 Å². The first-order valence-corrected chi connectivity index (χ1v) is 9.01. The number of benzene rings is 1. The molecule has 2 N–H and O–H groups in total. The predicted molar refractivity (Wildman–Crippen MR) is 104 cm³/mol. The lowest BCUT2D eigenvalue weighted by Gasteiger charge is -2.06. The highest BCUT2D eigenvalue weighted by molar-refractivity contribution is 7.17. The monoisotopic (exact) mass is 368 g/mol. The molecule has 6 nitrogen and oxygen atoms in total. The van der Waals surface area contributed by atoms with Crippen molar-refractivity contribution in [2.24, 2.45) is 0 Å². The van der Waals surface area contributed by atoms with Crippen molar-refractivity contribution >= 4 is 39.9 Å². The van der Waals surface area contributed by atoms with Crippen LogP contribution in [0, 0.1) is 13.8 Å². The van der Waals surface area contributed by atoms with Crippen LogP contribution in [0.2, 0.25) is 0 Å². The average molecular weight is 368 g/mol. The molecule has 2 amide bonds. The number of hydrogen-bond donors (Lipinski definition) is 2. The number of hydrogen-bond acceptors (Lipinski definition) is 4. The van der Waals surface area contributed by atoms with Crippen LogP contribution < -0.4 is 10.6 Å². The summed E-state index contributed by atoms with van der Waals surface area (Å²) in [6, 6.07) is 7.38. The van der Waals surface area contributed by atoms with Crippen LogP contribution in [-0.2, 0) is 16.1 Å². The molecule has 3 aromatic rings. The smallest absolute Gasteiger partial charge is 0.244 e. The van der Waals surface area contributed by atoms with Gasteiger partial charge in [0.25, 0.3) is 0 Å². The Labute approximate surface area is 155 Å². The number of fused-ring (bicyclic) bond motifs is 1. The summed E-state index contributed by atoms with van der Waals surface area (Å²) in [6.45, 7) is 5.81. The number of aromatic nitrogens is 2. The van der Waals surface area contributed by atoms with Gasteiger partial charge in [-0.3, -0.25) is 14.0 Å². The van der Waals surface area contributed by atoms with E-state index in [-0.39, 0.29) is 11.8 Å². The molecule has 0 aliphatic heterocycles. The van der Waals surface area contributed by atoms with Crippen molar-refractivity contribution in [1.29, 1.82) is 0 Å². The lowest BCUT2D eigenvalue weighted by molar-refractivity contribution is -0.116. The Bertz CT molecular complexity index is 1000. The van der Waals surface area contributed by atoms with E-state index >= 15 is 0 Å². The normalized spacial score (nSPS) is 11.2. The van der Waals surface area contributed by atoms with Crippen molar-refractivity contribution in [1.82, 2.24) is 14.7 Å². The molecule has 2 aromatic heterocycles. The topological polar surface area (TPSA) is 75.5 Å². The molecule has 0 radical (unpaired) electrons. The van der Waals surface area contributed by atoms with Crippen molar-refractivity contribution in [3.63, 3.8) is 0 Å². The Kier molecular flexibility index (Phi) is 5.18. The maximum Gasteiger partial charge on any atom is 0.244 e. The van der Waals surface area contributed by atoms with Crippen LogP contribution in [0.25, 0.3) is 11.0 Å². The minimum absolute atomic E-state index is 0.125. The van der Waals surface area contributed by atoms with Gasteiger partial charge in [0.2, 0.25) is 11.8 Å². The van der Waals surface area contributed by atoms with Crippen molar-refractivity contribution in [2.45, 2.75) is 27.3 Å². The van der Waals surface area contributed by atoms with E-state index in [2.05, 4.69) is 15.6 Å². The Hall–Kier alpha value is -2.93.